The van der Waals surface area contributed by atoms with Gasteiger partial charge in [-0.2, -0.15) is 0 Å². The molecule has 0 rings (SSSR count). The summed E-state index contributed by atoms with van der Waals surface area (Å²) >= 11 is 0. The average Bonchev–Trinajstić information content (AvgIpc) is 2.23. The summed E-state index contributed by atoms with van der Waals surface area (Å²) in [6.07, 6.45) is 2.56. The van der Waals surface area contributed by atoms with Gasteiger partial charge in [0.2, 0.25) is 0 Å². The molecule has 0 saturated carbocycles. The van der Waals surface area contributed by atoms with E-state index >= 15 is 0 Å². The van der Waals surface area contributed by atoms with Crippen molar-refractivity contribution in [2.45, 2.75) is 32.6 Å². The molecule has 0 aromatic rings. The highest BCUT2D eigenvalue weighted by atomic mass is 16.4. The molecular weight excluding hydrogens is 200 g/mol. The highest BCUT2D eigenvalue weighted by Crippen LogP contribution is 1.97. The molecule has 0 aliphatic heterocycles. The van der Waals surface area contributed by atoms with Crippen molar-refractivity contribution < 1.29 is 25.2 Å². The number of aliphatic hydroxyl groups excluding tert-OH is 3. The third-order valence-corrected chi connectivity index (χ3v) is 1.80. The van der Waals surface area contributed by atoms with Crippen molar-refractivity contribution in [3.8, 4) is 0 Å². The molecule has 5 heteroatoms. The van der Waals surface area contributed by atoms with E-state index in [0.29, 0.717) is 12.8 Å². The molecule has 0 saturated heterocycles. The third-order valence-electron chi connectivity index (χ3n) is 1.80. The van der Waals surface area contributed by atoms with Crippen LogP contribution in [0.25, 0.3) is 0 Å². The predicted octanol–water partition coefficient (Wildman–Crippen LogP) is 0.231. The minimum absolute atomic E-state index is 0.0335. The van der Waals surface area contributed by atoms with Gasteiger partial charge in [-0.3, -0.25) is 4.79 Å². The summed E-state index contributed by atoms with van der Waals surface area (Å²) in [5.41, 5.74) is 0. The SMILES string of the molecule is CCCCC(=O)O.OCCC(CO)CO. The molecule has 0 fully saturated rings. The smallest absolute Gasteiger partial charge is 0.303 e. The Labute approximate surface area is 90.4 Å². The van der Waals surface area contributed by atoms with Crippen molar-refractivity contribution in [3.63, 3.8) is 0 Å². The largest absolute Gasteiger partial charge is 0.481 e. The van der Waals surface area contributed by atoms with Gasteiger partial charge in [-0.1, -0.05) is 13.3 Å². The van der Waals surface area contributed by atoms with Crippen LogP contribution in [-0.4, -0.2) is 46.2 Å². The molecule has 5 nitrogen and oxygen atoms in total. The Balaban J connectivity index is 0. The summed E-state index contributed by atoms with van der Waals surface area (Å²) in [6.45, 7) is 1.92. The van der Waals surface area contributed by atoms with Crippen LogP contribution in [-0.2, 0) is 4.79 Å². The maximum Gasteiger partial charge on any atom is 0.303 e. The fourth-order valence-electron chi connectivity index (χ4n) is 0.751. The molecular formula is C10H22O5. The van der Waals surface area contributed by atoms with Crippen LogP contribution in [0.15, 0.2) is 0 Å². The molecule has 0 amide bonds. The highest BCUT2D eigenvalue weighted by molar-refractivity contribution is 5.66. The number of carboxylic acid groups (broad SMARTS) is 1. The van der Waals surface area contributed by atoms with E-state index in [9.17, 15) is 4.79 Å². The molecule has 0 spiro atoms. The number of aliphatic carboxylic acids is 1. The molecule has 0 heterocycles. The first kappa shape index (κ1) is 16.8. The molecule has 0 aromatic heterocycles. The van der Waals surface area contributed by atoms with Crippen molar-refractivity contribution in [3.05, 3.63) is 0 Å². The first-order valence-electron chi connectivity index (χ1n) is 5.16. The molecule has 0 unspecified atom stereocenters. The van der Waals surface area contributed by atoms with E-state index in [4.69, 9.17) is 20.4 Å². The van der Waals surface area contributed by atoms with E-state index in [2.05, 4.69) is 0 Å². The molecule has 92 valence electrons. The fraction of sp³-hybridized carbons (Fsp3) is 0.900. The Morgan fingerprint density at radius 1 is 1.20 bits per heavy atom. The summed E-state index contributed by atoms with van der Waals surface area (Å²) in [7, 11) is 0. The standard InChI is InChI=1S/C5H12O3.C5H10O2/c6-2-1-5(3-7)4-8;1-2-3-4-5(6)7/h5-8H,1-4H2;2-4H2,1H3,(H,6,7). The van der Waals surface area contributed by atoms with Crippen LogP contribution in [0.4, 0.5) is 0 Å². The van der Waals surface area contributed by atoms with Gasteiger partial charge in [-0.25, -0.2) is 0 Å². The third kappa shape index (κ3) is 16.1. The van der Waals surface area contributed by atoms with Gasteiger partial charge in [-0.15, -0.1) is 0 Å². The normalized spacial score (nSPS) is 9.67. The molecule has 15 heavy (non-hydrogen) atoms. The summed E-state index contributed by atoms with van der Waals surface area (Å²) in [4.78, 5) is 9.76. The lowest BCUT2D eigenvalue weighted by molar-refractivity contribution is -0.137. The second kappa shape index (κ2) is 13.4. The van der Waals surface area contributed by atoms with Crippen LogP contribution >= 0.6 is 0 Å². The summed E-state index contributed by atoms with van der Waals surface area (Å²) in [5.74, 6) is -0.832. The van der Waals surface area contributed by atoms with Gasteiger partial charge in [0, 0.05) is 32.2 Å². The zero-order chi connectivity index (χ0) is 12.1. The van der Waals surface area contributed by atoms with Gasteiger partial charge in [0.15, 0.2) is 0 Å². The second-order valence-corrected chi connectivity index (χ2v) is 3.24. The van der Waals surface area contributed by atoms with E-state index < -0.39 is 5.97 Å². The average molecular weight is 222 g/mol. The molecule has 0 bridgehead atoms. The maximum atomic E-state index is 9.76. The van der Waals surface area contributed by atoms with Crippen molar-refractivity contribution in [1.29, 1.82) is 0 Å². The molecule has 0 aliphatic carbocycles. The Kier molecular flexibility index (Phi) is 14.9. The molecule has 0 aromatic carbocycles. The van der Waals surface area contributed by atoms with E-state index in [-0.39, 0.29) is 25.7 Å². The predicted molar refractivity (Wildman–Crippen MR) is 56.5 cm³/mol. The number of carbonyl (C=O) groups is 1. The van der Waals surface area contributed by atoms with Crippen molar-refractivity contribution >= 4 is 5.97 Å². The van der Waals surface area contributed by atoms with Crippen LogP contribution in [0.5, 0.6) is 0 Å². The van der Waals surface area contributed by atoms with Crippen LogP contribution < -0.4 is 0 Å². The zero-order valence-corrected chi connectivity index (χ0v) is 9.22. The number of hydrogen-bond donors (Lipinski definition) is 4. The van der Waals surface area contributed by atoms with E-state index in [0.717, 1.165) is 12.8 Å². The first-order valence-corrected chi connectivity index (χ1v) is 5.16. The summed E-state index contributed by atoms with van der Waals surface area (Å²) in [6, 6.07) is 0. The van der Waals surface area contributed by atoms with E-state index in [1.807, 2.05) is 6.92 Å². The van der Waals surface area contributed by atoms with Crippen molar-refractivity contribution in [1.82, 2.24) is 0 Å². The zero-order valence-electron chi connectivity index (χ0n) is 9.22. The lowest BCUT2D eigenvalue weighted by Gasteiger charge is -2.06. The van der Waals surface area contributed by atoms with Gasteiger partial charge >= 0.3 is 5.97 Å². The van der Waals surface area contributed by atoms with Crippen molar-refractivity contribution in [2.24, 2.45) is 5.92 Å². The molecule has 0 aliphatic rings. The summed E-state index contributed by atoms with van der Waals surface area (Å²) < 4.78 is 0. The Hall–Kier alpha value is -0.650. The number of hydrogen-bond acceptors (Lipinski definition) is 4. The van der Waals surface area contributed by atoms with Gasteiger partial charge in [-0.05, 0) is 12.8 Å². The molecule has 4 N–H and O–H groups in total. The lowest BCUT2D eigenvalue weighted by atomic mass is 10.1. The number of carboxylic acids is 1. The van der Waals surface area contributed by atoms with Crippen LogP contribution in [0.2, 0.25) is 0 Å². The minimum atomic E-state index is -0.693. The van der Waals surface area contributed by atoms with Crippen molar-refractivity contribution in [2.75, 3.05) is 19.8 Å². The van der Waals surface area contributed by atoms with Crippen LogP contribution in [0.1, 0.15) is 32.6 Å². The Morgan fingerprint density at radius 3 is 1.87 bits per heavy atom. The summed E-state index contributed by atoms with van der Waals surface area (Å²) in [5, 5.41) is 33.1. The quantitative estimate of drug-likeness (QED) is 0.494. The van der Waals surface area contributed by atoms with Gasteiger partial charge < -0.3 is 20.4 Å². The Bertz CT molecular complexity index is 134. The lowest BCUT2D eigenvalue weighted by Crippen LogP contribution is -2.12. The second-order valence-electron chi connectivity index (χ2n) is 3.24. The van der Waals surface area contributed by atoms with E-state index in [1.54, 1.807) is 0 Å². The fourth-order valence-corrected chi connectivity index (χ4v) is 0.751. The van der Waals surface area contributed by atoms with E-state index in [1.165, 1.54) is 0 Å². The van der Waals surface area contributed by atoms with Crippen LogP contribution in [0.3, 0.4) is 0 Å². The van der Waals surface area contributed by atoms with Gasteiger partial charge in [0.05, 0.1) is 0 Å². The molecule has 0 atom stereocenters. The minimum Gasteiger partial charge on any atom is -0.481 e. The highest BCUT2D eigenvalue weighted by Gasteiger charge is 2.02. The number of aliphatic hydroxyl groups is 3. The maximum absolute atomic E-state index is 9.76. The monoisotopic (exact) mass is 222 g/mol. The van der Waals surface area contributed by atoms with Crippen LogP contribution in [0, 0.1) is 5.92 Å². The van der Waals surface area contributed by atoms with Gasteiger partial charge in [0.1, 0.15) is 0 Å². The number of rotatable bonds is 7. The first-order chi connectivity index (χ1) is 7.12. The molecule has 0 radical (unpaired) electrons. The topological polar surface area (TPSA) is 98.0 Å². The van der Waals surface area contributed by atoms with Gasteiger partial charge in [0.25, 0.3) is 0 Å². The Morgan fingerprint density at radius 2 is 1.73 bits per heavy atom. The number of unbranched alkanes of at least 4 members (excludes halogenated alkanes) is 1.